The molecule has 2 fully saturated rings. The van der Waals surface area contributed by atoms with Crippen LogP contribution in [0, 0.1) is 11.6 Å². The van der Waals surface area contributed by atoms with Crippen molar-refractivity contribution in [2.45, 2.75) is 64.1 Å². The molecule has 4 heterocycles. The lowest BCUT2D eigenvalue weighted by Crippen LogP contribution is -2.44. The van der Waals surface area contributed by atoms with E-state index < -0.39 is 17.2 Å². The summed E-state index contributed by atoms with van der Waals surface area (Å²) in [5.41, 5.74) is 4.64. The molecule has 1 amide bonds. The fourth-order valence-corrected chi connectivity index (χ4v) is 6.13. The number of amidine groups is 2. The van der Waals surface area contributed by atoms with Gasteiger partial charge in [0.15, 0.2) is 23.1 Å². The summed E-state index contributed by atoms with van der Waals surface area (Å²) in [6, 6.07) is 8.62. The standard InChI is InChI=1S/C19H24BrFN6O4.C14H16BrFN6O2/c1-19(2,3)30-18(28)27-8-6-11(7-9-27)22-17-15(25-31-26-17)16(24-29)23-12-4-5-14(21)13(20)10-12;15-10-7-9(1-2-11(10)16)19-13(20-23)12-14(22-24-21-12)18-8-3-5-17-6-4-8/h4-5,10-11,29H,6-9H2,1-3H3,(H,22,26)(H,23,24);1-2,7-8,17,23H,3-6H2,(H,18,22)(H,19,20). The van der Waals surface area contributed by atoms with Crippen LogP contribution in [0.25, 0.3) is 0 Å². The number of carbonyl (C=O) groups excluding carboxylic acids is 1. The molecular formula is C33H40Br2F2N12O6. The molecule has 4 aromatic rings. The fraction of sp³-hybridized carbons (Fsp3) is 0.424. The number of anilines is 2. The van der Waals surface area contributed by atoms with E-state index in [9.17, 15) is 24.0 Å². The Bertz CT molecular complexity index is 1960. The van der Waals surface area contributed by atoms with E-state index in [2.05, 4.69) is 78.4 Å². The number of rotatable bonds is 8. The summed E-state index contributed by atoms with van der Waals surface area (Å²) >= 11 is 6.19. The number of carbonyl (C=O) groups is 1. The first-order valence-electron chi connectivity index (χ1n) is 17.1. The summed E-state index contributed by atoms with van der Waals surface area (Å²) in [5.74, 6) is -0.121. The molecule has 18 nitrogen and oxygen atoms in total. The van der Waals surface area contributed by atoms with Crippen molar-refractivity contribution in [2.75, 3.05) is 36.8 Å². The van der Waals surface area contributed by atoms with Gasteiger partial charge in [0.25, 0.3) is 0 Å². The number of nitrogens with one attached hydrogen (secondary N) is 5. The molecule has 0 radical (unpaired) electrons. The van der Waals surface area contributed by atoms with E-state index in [4.69, 9.17) is 14.0 Å². The number of nitrogens with zero attached hydrogens (tertiary/aromatic N) is 7. The van der Waals surface area contributed by atoms with E-state index in [1.807, 2.05) is 31.7 Å². The number of aliphatic imine (C=N–C) groups is 2. The molecule has 2 aliphatic rings. The maximum atomic E-state index is 13.4. The number of hydrogen-bond acceptors (Lipinski definition) is 15. The third-order valence-corrected chi connectivity index (χ3v) is 9.31. The van der Waals surface area contributed by atoms with Crippen molar-refractivity contribution in [2.24, 2.45) is 9.98 Å². The van der Waals surface area contributed by atoms with Crippen LogP contribution in [-0.4, -0.2) is 97.6 Å². The predicted octanol–water partition coefficient (Wildman–Crippen LogP) is 6.03. The van der Waals surface area contributed by atoms with E-state index in [1.165, 1.54) is 36.4 Å². The zero-order chi connectivity index (χ0) is 39.5. The van der Waals surface area contributed by atoms with Crippen LogP contribution in [-0.2, 0) is 4.74 Å². The molecule has 7 N–H and O–H groups in total. The molecule has 0 atom stereocenters. The van der Waals surface area contributed by atoms with E-state index in [-0.39, 0.29) is 56.0 Å². The van der Waals surface area contributed by atoms with Crippen LogP contribution in [0.5, 0.6) is 0 Å². The highest BCUT2D eigenvalue weighted by Gasteiger charge is 2.28. The molecule has 0 spiro atoms. The first-order valence-corrected chi connectivity index (χ1v) is 18.7. The SMILES string of the molecule is CC(C)(C)OC(=O)N1CCC(Nc2nonc2C(=Nc2ccc(F)c(Br)c2)NO)CC1.ONC(=Nc1ccc(F)c(Br)c1)c1nonc1NC1CCNCC1. The van der Waals surface area contributed by atoms with Crippen molar-refractivity contribution in [3.05, 3.63) is 68.4 Å². The van der Waals surface area contributed by atoms with Gasteiger partial charge in [0.05, 0.1) is 20.3 Å². The van der Waals surface area contributed by atoms with Gasteiger partial charge in [0.2, 0.25) is 11.6 Å². The number of hydroxylamine groups is 2. The fourth-order valence-electron chi connectivity index (χ4n) is 5.39. The van der Waals surface area contributed by atoms with Crippen LogP contribution in [0.4, 0.5) is 36.6 Å². The Morgan fingerprint density at radius 2 is 1.27 bits per heavy atom. The Balaban J connectivity index is 0.000000218. The van der Waals surface area contributed by atoms with Crippen molar-refractivity contribution >= 4 is 72.6 Å². The molecule has 2 aromatic heterocycles. The number of benzene rings is 2. The summed E-state index contributed by atoms with van der Waals surface area (Å²) in [4.78, 5) is 22.3. The number of halogens is 4. The van der Waals surface area contributed by atoms with Gasteiger partial charge >= 0.3 is 6.09 Å². The van der Waals surface area contributed by atoms with E-state index in [0.717, 1.165) is 25.9 Å². The smallest absolute Gasteiger partial charge is 0.410 e. The summed E-state index contributed by atoms with van der Waals surface area (Å²) < 4.78 is 42.2. The van der Waals surface area contributed by atoms with Crippen molar-refractivity contribution in [3.8, 4) is 0 Å². The molecule has 0 bridgehead atoms. The average molecular weight is 899 g/mol. The molecular weight excluding hydrogens is 858 g/mol. The van der Waals surface area contributed by atoms with Gasteiger partial charge in [0, 0.05) is 25.2 Å². The first kappa shape index (κ1) is 41.4. The van der Waals surface area contributed by atoms with Crippen LogP contribution >= 0.6 is 31.9 Å². The minimum atomic E-state index is -0.541. The predicted molar refractivity (Wildman–Crippen MR) is 203 cm³/mol. The molecule has 0 unspecified atom stereocenters. The van der Waals surface area contributed by atoms with Gasteiger partial charge in [-0.3, -0.25) is 21.4 Å². The van der Waals surface area contributed by atoms with Crippen LogP contribution in [0.15, 0.2) is 64.6 Å². The second kappa shape index (κ2) is 19.2. The lowest BCUT2D eigenvalue weighted by molar-refractivity contribution is 0.0210. The maximum Gasteiger partial charge on any atom is 0.410 e. The molecule has 0 saturated carbocycles. The molecule has 0 aliphatic carbocycles. The number of likely N-dealkylation sites (tertiary alicyclic amines) is 1. The Morgan fingerprint density at radius 1 is 0.818 bits per heavy atom. The van der Waals surface area contributed by atoms with E-state index in [0.29, 0.717) is 43.1 Å². The van der Waals surface area contributed by atoms with Crippen molar-refractivity contribution in [3.63, 3.8) is 0 Å². The quantitative estimate of drug-likeness (QED) is 0.0608. The lowest BCUT2D eigenvalue weighted by atomic mass is 10.1. The monoisotopic (exact) mass is 896 g/mol. The van der Waals surface area contributed by atoms with Crippen LogP contribution < -0.4 is 26.9 Å². The number of aromatic nitrogens is 4. The van der Waals surface area contributed by atoms with Crippen LogP contribution in [0.2, 0.25) is 0 Å². The van der Waals surface area contributed by atoms with Gasteiger partial charge in [-0.2, -0.15) is 0 Å². The molecule has 2 aliphatic heterocycles. The normalized spacial score (nSPS) is 15.9. The maximum absolute atomic E-state index is 13.4. The van der Waals surface area contributed by atoms with Crippen molar-refractivity contribution < 1.29 is 38.0 Å². The van der Waals surface area contributed by atoms with Crippen LogP contribution in [0.1, 0.15) is 57.8 Å². The molecule has 296 valence electrons. The molecule has 55 heavy (non-hydrogen) atoms. The largest absolute Gasteiger partial charge is 0.444 e. The van der Waals surface area contributed by atoms with Gasteiger partial charge in [-0.25, -0.2) is 32.8 Å². The van der Waals surface area contributed by atoms with E-state index >= 15 is 0 Å². The summed E-state index contributed by atoms with van der Waals surface area (Å²) in [7, 11) is 0. The third kappa shape index (κ3) is 11.9. The van der Waals surface area contributed by atoms with Gasteiger partial charge in [0.1, 0.15) is 17.2 Å². The highest BCUT2D eigenvalue weighted by Crippen LogP contribution is 2.26. The molecule has 2 aromatic carbocycles. The van der Waals surface area contributed by atoms with E-state index in [1.54, 1.807) is 4.90 Å². The first-order chi connectivity index (χ1) is 26.3. The van der Waals surface area contributed by atoms with Crippen LogP contribution in [0.3, 0.4) is 0 Å². The third-order valence-electron chi connectivity index (χ3n) is 8.09. The highest BCUT2D eigenvalue weighted by atomic mass is 79.9. The average Bonchev–Trinajstić information content (AvgIpc) is 3.82. The topological polar surface area (TPSA) is 233 Å². The minimum Gasteiger partial charge on any atom is -0.444 e. The number of hydrogen-bond donors (Lipinski definition) is 7. The van der Waals surface area contributed by atoms with Gasteiger partial charge < -0.3 is 25.6 Å². The van der Waals surface area contributed by atoms with Gasteiger partial charge in [-0.05, 0) is 148 Å². The summed E-state index contributed by atoms with van der Waals surface area (Å²) in [6.45, 7) is 8.37. The number of amides is 1. The van der Waals surface area contributed by atoms with Gasteiger partial charge in [-0.15, -0.1) is 0 Å². The summed E-state index contributed by atoms with van der Waals surface area (Å²) in [5, 5.41) is 43.9. The Hall–Kier alpha value is -4.77. The Labute approximate surface area is 330 Å². The zero-order valence-electron chi connectivity index (χ0n) is 29.9. The second-order valence-corrected chi connectivity index (χ2v) is 15.0. The van der Waals surface area contributed by atoms with Crippen molar-refractivity contribution in [1.82, 2.24) is 41.8 Å². The molecule has 6 rings (SSSR count). The highest BCUT2D eigenvalue weighted by molar-refractivity contribution is 9.10. The number of piperidine rings is 2. The lowest BCUT2D eigenvalue weighted by Gasteiger charge is -2.33. The Kier molecular flexibility index (Phi) is 14.5. The summed E-state index contributed by atoms with van der Waals surface area (Å²) in [6.07, 6.45) is 2.87. The number of ether oxygens (including phenoxy) is 1. The van der Waals surface area contributed by atoms with Crippen molar-refractivity contribution in [1.29, 1.82) is 0 Å². The Morgan fingerprint density at radius 3 is 1.69 bits per heavy atom. The van der Waals surface area contributed by atoms with Gasteiger partial charge in [-0.1, -0.05) is 0 Å². The second-order valence-electron chi connectivity index (χ2n) is 13.3. The molecule has 2 saturated heterocycles. The zero-order valence-corrected chi connectivity index (χ0v) is 33.1. The molecule has 22 heteroatoms. The minimum absolute atomic E-state index is 0.00393.